The normalized spacial score (nSPS) is 11.1. The second kappa shape index (κ2) is 7.94. The first-order valence-electron chi connectivity index (χ1n) is 6.43. The molecule has 0 fully saturated rings. The molecule has 1 rings (SSSR count). The SMILES string of the molecule is CCCC(I)(CCC)NC(=S)Nc1ccccc1. The Morgan fingerprint density at radius 3 is 2.22 bits per heavy atom. The van der Waals surface area contributed by atoms with Gasteiger partial charge in [0.25, 0.3) is 0 Å². The number of alkyl halides is 1. The van der Waals surface area contributed by atoms with Gasteiger partial charge in [-0.2, -0.15) is 0 Å². The smallest absolute Gasteiger partial charge is 0.171 e. The van der Waals surface area contributed by atoms with Gasteiger partial charge < -0.3 is 10.6 Å². The number of para-hydroxylation sites is 1. The average molecular weight is 376 g/mol. The van der Waals surface area contributed by atoms with Crippen LogP contribution >= 0.6 is 34.8 Å². The molecule has 100 valence electrons. The molecule has 2 N–H and O–H groups in total. The van der Waals surface area contributed by atoms with Gasteiger partial charge in [0.05, 0.1) is 3.55 Å². The van der Waals surface area contributed by atoms with Crippen LogP contribution in [0.1, 0.15) is 39.5 Å². The molecule has 0 spiro atoms. The second-order valence-electron chi connectivity index (χ2n) is 4.41. The summed E-state index contributed by atoms with van der Waals surface area (Å²) in [4.78, 5) is 0. The van der Waals surface area contributed by atoms with Crippen LogP contribution in [-0.4, -0.2) is 8.66 Å². The van der Waals surface area contributed by atoms with Crippen LogP contribution in [0.4, 0.5) is 5.69 Å². The fourth-order valence-electron chi connectivity index (χ4n) is 1.93. The zero-order chi connectivity index (χ0) is 13.4. The summed E-state index contributed by atoms with van der Waals surface area (Å²) in [5, 5.41) is 7.39. The standard InChI is InChI=1S/C14H21IN2S/c1-3-10-14(15,11-4-2)17-13(18)16-12-8-6-5-7-9-12/h5-9H,3-4,10-11H2,1-2H3,(H2,16,17,18). The molecule has 18 heavy (non-hydrogen) atoms. The predicted molar refractivity (Wildman–Crippen MR) is 92.4 cm³/mol. The number of rotatable bonds is 6. The first-order chi connectivity index (χ1) is 8.59. The van der Waals surface area contributed by atoms with Crippen molar-refractivity contribution in [2.45, 2.75) is 43.1 Å². The second-order valence-corrected chi connectivity index (χ2v) is 6.88. The number of nitrogens with one attached hydrogen (secondary N) is 2. The minimum atomic E-state index is 0.0696. The molecule has 0 bridgehead atoms. The Morgan fingerprint density at radius 2 is 1.72 bits per heavy atom. The molecule has 1 aromatic carbocycles. The van der Waals surface area contributed by atoms with E-state index in [1.54, 1.807) is 0 Å². The Labute approximate surface area is 129 Å². The van der Waals surface area contributed by atoms with E-state index >= 15 is 0 Å². The van der Waals surface area contributed by atoms with Crippen molar-refractivity contribution in [3.63, 3.8) is 0 Å². The molecule has 2 nitrogen and oxygen atoms in total. The van der Waals surface area contributed by atoms with Gasteiger partial charge in [-0.3, -0.25) is 0 Å². The molecule has 0 amide bonds. The number of anilines is 1. The Morgan fingerprint density at radius 1 is 1.17 bits per heavy atom. The summed E-state index contributed by atoms with van der Waals surface area (Å²) in [5.74, 6) is 0. The minimum absolute atomic E-state index is 0.0696. The maximum atomic E-state index is 5.39. The molecule has 0 aliphatic heterocycles. The number of halogens is 1. The molecule has 0 unspecified atom stereocenters. The van der Waals surface area contributed by atoms with Gasteiger partial charge in [-0.1, -0.05) is 67.5 Å². The van der Waals surface area contributed by atoms with E-state index in [2.05, 4.69) is 47.1 Å². The largest absolute Gasteiger partial charge is 0.348 e. The molecule has 0 atom stereocenters. The Kier molecular flexibility index (Phi) is 6.92. The van der Waals surface area contributed by atoms with E-state index in [4.69, 9.17) is 12.2 Å². The van der Waals surface area contributed by atoms with Crippen molar-refractivity contribution in [2.24, 2.45) is 0 Å². The third kappa shape index (κ3) is 5.52. The van der Waals surface area contributed by atoms with Crippen molar-refractivity contribution in [1.29, 1.82) is 0 Å². The van der Waals surface area contributed by atoms with Crippen LogP contribution in [0.25, 0.3) is 0 Å². The molecule has 0 saturated carbocycles. The Bertz CT molecular complexity index is 361. The summed E-state index contributed by atoms with van der Waals surface area (Å²) < 4.78 is 0.0696. The van der Waals surface area contributed by atoms with E-state index in [0.717, 1.165) is 31.4 Å². The quantitative estimate of drug-likeness (QED) is 0.326. The van der Waals surface area contributed by atoms with Gasteiger partial charge in [-0.15, -0.1) is 0 Å². The van der Waals surface area contributed by atoms with E-state index in [1.165, 1.54) is 0 Å². The highest BCUT2D eigenvalue weighted by molar-refractivity contribution is 14.1. The van der Waals surface area contributed by atoms with Crippen molar-refractivity contribution >= 4 is 45.6 Å². The first-order valence-corrected chi connectivity index (χ1v) is 7.91. The molecule has 1 aromatic rings. The molecule has 0 aliphatic carbocycles. The minimum Gasteiger partial charge on any atom is -0.348 e. The molecular formula is C14H21IN2S. The lowest BCUT2D eigenvalue weighted by Gasteiger charge is -2.30. The lowest BCUT2D eigenvalue weighted by atomic mass is 10.1. The molecule has 0 radical (unpaired) electrons. The number of thiocarbonyl (C=S) groups is 1. The summed E-state index contributed by atoms with van der Waals surface area (Å²) in [5.41, 5.74) is 1.03. The maximum Gasteiger partial charge on any atom is 0.171 e. The summed E-state index contributed by atoms with van der Waals surface area (Å²) in [6, 6.07) is 10.0. The van der Waals surface area contributed by atoms with Crippen LogP contribution in [0.5, 0.6) is 0 Å². The third-order valence-corrected chi connectivity index (χ3v) is 4.21. The van der Waals surface area contributed by atoms with E-state index < -0.39 is 0 Å². The fourth-order valence-corrected chi connectivity index (χ4v) is 3.77. The van der Waals surface area contributed by atoms with Crippen LogP contribution in [-0.2, 0) is 0 Å². The summed E-state index contributed by atoms with van der Waals surface area (Å²) in [7, 11) is 0. The van der Waals surface area contributed by atoms with Crippen LogP contribution in [0.2, 0.25) is 0 Å². The summed E-state index contributed by atoms with van der Waals surface area (Å²) in [6.45, 7) is 4.41. The van der Waals surface area contributed by atoms with Crippen molar-refractivity contribution in [1.82, 2.24) is 5.32 Å². The van der Waals surface area contributed by atoms with Crippen molar-refractivity contribution < 1.29 is 0 Å². The van der Waals surface area contributed by atoms with Crippen LogP contribution in [0.3, 0.4) is 0 Å². The van der Waals surface area contributed by atoms with E-state index in [1.807, 2.05) is 30.3 Å². The Balaban J connectivity index is 2.56. The molecule has 0 heterocycles. The molecule has 0 aromatic heterocycles. The van der Waals surface area contributed by atoms with Crippen LogP contribution in [0.15, 0.2) is 30.3 Å². The van der Waals surface area contributed by atoms with E-state index in [0.29, 0.717) is 5.11 Å². The van der Waals surface area contributed by atoms with Gasteiger partial charge in [0, 0.05) is 5.69 Å². The number of hydrogen-bond donors (Lipinski definition) is 2. The lowest BCUT2D eigenvalue weighted by molar-refractivity contribution is 0.488. The van der Waals surface area contributed by atoms with Crippen LogP contribution < -0.4 is 10.6 Å². The number of benzene rings is 1. The number of hydrogen-bond acceptors (Lipinski definition) is 1. The molecule has 4 heteroatoms. The predicted octanol–water partition coefficient (Wildman–Crippen LogP) is 4.70. The van der Waals surface area contributed by atoms with Crippen molar-refractivity contribution in [3.05, 3.63) is 30.3 Å². The molecule has 0 saturated heterocycles. The lowest BCUT2D eigenvalue weighted by Crippen LogP contribution is -2.45. The zero-order valence-corrected chi connectivity index (χ0v) is 14.0. The maximum absolute atomic E-state index is 5.39. The van der Waals surface area contributed by atoms with Crippen molar-refractivity contribution in [2.75, 3.05) is 5.32 Å². The topological polar surface area (TPSA) is 24.1 Å². The highest BCUT2D eigenvalue weighted by Gasteiger charge is 2.24. The van der Waals surface area contributed by atoms with Gasteiger partial charge in [0.2, 0.25) is 0 Å². The van der Waals surface area contributed by atoms with Gasteiger partial charge in [0.1, 0.15) is 0 Å². The molecule has 0 aliphatic rings. The van der Waals surface area contributed by atoms with Gasteiger partial charge in [-0.05, 0) is 37.2 Å². The summed E-state index contributed by atoms with van der Waals surface area (Å²) >= 11 is 7.88. The molecular weight excluding hydrogens is 355 g/mol. The van der Waals surface area contributed by atoms with Crippen molar-refractivity contribution in [3.8, 4) is 0 Å². The van der Waals surface area contributed by atoms with Crippen LogP contribution in [0, 0.1) is 0 Å². The Hall–Kier alpha value is -0.360. The van der Waals surface area contributed by atoms with Gasteiger partial charge in [-0.25, -0.2) is 0 Å². The van der Waals surface area contributed by atoms with E-state index in [9.17, 15) is 0 Å². The first kappa shape index (κ1) is 15.7. The van der Waals surface area contributed by atoms with Gasteiger partial charge >= 0.3 is 0 Å². The zero-order valence-electron chi connectivity index (χ0n) is 11.0. The monoisotopic (exact) mass is 376 g/mol. The van der Waals surface area contributed by atoms with E-state index in [-0.39, 0.29) is 3.55 Å². The highest BCUT2D eigenvalue weighted by atomic mass is 127. The fraction of sp³-hybridized carbons (Fsp3) is 0.500. The highest BCUT2D eigenvalue weighted by Crippen LogP contribution is 2.27. The third-order valence-electron chi connectivity index (χ3n) is 2.66. The average Bonchev–Trinajstić information content (AvgIpc) is 2.30. The summed E-state index contributed by atoms with van der Waals surface area (Å²) in [6.07, 6.45) is 4.56. The van der Waals surface area contributed by atoms with Gasteiger partial charge in [0.15, 0.2) is 5.11 Å².